The highest BCUT2D eigenvalue weighted by atomic mass is 79.9. The smallest absolute Gasteiger partial charge is 0.178 e. The predicted molar refractivity (Wildman–Crippen MR) is 72.6 cm³/mol. The van der Waals surface area contributed by atoms with E-state index in [4.69, 9.17) is 0 Å². The van der Waals surface area contributed by atoms with Crippen molar-refractivity contribution in [1.82, 2.24) is 15.0 Å². The van der Waals surface area contributed by atoms with Crippen LogP contribution in [0.2, 0.25) is 0 Å². The minimum absolute atomic E-state index is 0.735. The van der Waals surface area contributed by atoms with Crippen molar-refractivity contribution in [3.8, 4) is 10.7 Å². The van der Waals surface area contributed by atoms with E-state index in [0.717, 1.165) is 30.8 Å². The van der Waals surface area contributed by atoms with E-state index in [1.807, 2.05) is 17.5 Å². The zero-order valence-corrected chi connectivity index (χ0v) is 11.9. The number of imidazole rings is 1. The monoisotopic (exact) mass is 357 g/mol. The summed E-state index contributed by atoms with van der Waals surface area (Å²) in [6, 6.07) is 3.98. The Morgan fingerprint density at radius 3 is 2.94 bits per heavy atom. The molecular formula is C10H5Br2N3S. The summed E-state index contributed by atoms with van der Waals surface area (Å²) in [7, 11) is 0. The summed E-state index contributed by atoms with van der Waals surface area (Å²) in [6.07, 6.45) is 1.75. The van der Waals surface area contributed by atoms with Crippen molar-refractivity contribution >= 4 is 54.4 Å². The van der Waals surface area contributed by atoms with E-state index in [-0.39, 0.29) is 0 Å². The molecule has 0 spiro atoms. The molecular weight excluding hydrogens is 354 g/mol. The first-order valence-electron chi connectivity index (χ1n) is 4.48. The lowest BCUT2D eigenvalue weighted by atomic mass is 10.4. The SMILES string of the molecule is Brc1cnc2nc(-c3sccc3Br)[nH]c2c1. The van der Waals surface area contributed by atoms with Crippen LogP contribution in [0.15, 0.2) is 32.7 Å². The standard InChI is InChI=1S/C10H5Br2N3S/c11-5-3-7-9(13-4-5)15-10(14-7)8-6(12)1-2-16-8/h1-4H,(H,13,14,15). The fourth-order valence-electron chi connectivity index (χ4n) is 1.44. The topological polar surface area (TPSA) is 41.6 Å². The van der Waals surface area contributed by atoms with Crippen molar-refractivity contribution < 1.29 is 0 Å². The summed E-state index contributed by atoms with van der Waals surface area (Å²) in [4.78, 5) is 13.0. The van der Waals surface area contributed by atoms with Gasteiger partial charge >= 0.3 is 0 Å². The molecule has 0 radical (unpaired) electrons. The number of thiophene rings is 1. The van der Waals surface area contributed by atoms with E-state index in [1.165, 1.54) is 0 Å². The molecule has 16 heavy (non-hydrogen) atoms. The highest BCUT2D eigenvalue weighted by Gasteiger charge is 2.10. The van der Waals surface area contributed by atoms with Crippen LogP contribution in [0.3, 0.4) is 0 Å². The lowest BCUT2D eigenvalue weighted by Crippen LogP contribution is -1.75. The van der Waals surface area contributed by atoms with Gasteiger partial charge in [-0.2, -0.15) is 0 Å². The van der Waals surface area contributed by atoms with Crippen LogP contribution < -0.4 is 0 Å². The van der Waals surface area contributed by atoms with E-state index < -0.39 is 0 Å². The Morgan fingerprint density at radius 2 is 2.19 bits per heavy atom. The van der Waals surface area contributed by atoms with E-state index in [2.05, 4.69) is 46.8 Å². The summed E-state index contributed by atoms with van der Waals surface area (Å²) < 4.78 is 2.00. The van der Waals surface area contributed by atoms with Gasteiger partial charge in [-0.1, -0.05) is 0 Å². The number of nitrogens with zero attached hydrogens (tertiary/aromatic N) is 2. The second-order valence-corrected chi connectivity index (χ2v) is 5.89. The number of pyridine rings is 1. The maximum atomic E-state index is 4.45. The van der Waals surface area contributed by atoms with Crippen LogP contribution in [0, 0.1) is 0 Å². The molecule has 0 amide bonds. The minimum Gasteiger partial charge on any atom is -0.336 e. The summed E-state index contributed by atoms with van der Waals surface area (Å²) in [5, 5.41) is 2.02. The van der Waals surface area contributed by atoms with Gasteiger partial charge in [0.25, 0.3) is 0 Å². The van der Waals surface area contributed by atoms with Crippen LogP contribution in [0.5, 0.6) is 0 Å². The fraction of sp³-hybridized carbons (Fsp3) is 0. The van der Waals surface area contributed by atoms with Crippen LogP contribution in [-0.4, -0.2) is 15.0 Å². The number of aromatic nitrogens is 3. The molecule has 3 aromatic heterocycles. The average Bonchev–Trinajstić information content (AvgIpc) is 2.82. The van der Waals surface area contributed by atoms with Gasteiger partial charge < -0.3 is 4.98 Å². The largest absolute Gasteiger partial charge is 0.336 e. The molecule has 0 fully saturated rings. The first-order chi connectivity index (χ1) is 7.74. The van der Waals surface area contributed by atoms with Crippen molar-refractivity contribution in [1.29, 1.82) is 0 Å². The number of nitrogens with one attached hydrogen (secondary N) is 1. The Kier molecular flexibility index (Phi) is 2.57. The highest BCUT2D eigenvalue weighted by molar-refractivity contribution is 9.10. The zero-order valence-electron chi connectivity index (χ0n) is 7.87. The highest BCUT2D eigenvalue weighted by Crippen LogP contribution is 2.32. The van der Waals surface area contributed by atoms with Crippen molar-refractivity contribution in [3.63, 3.8) is 0 Å². The Balaban J connectivity index is 2.23. The number of rotatable bonds is 1. The second-order valence-electron chi connectivity index (χ2n) is 3.21. The molecule has 0 aliphatic carbocycles. The quantitative estimate of drug-likeness (QED) is 0.707. The van der Waals surface area contributed by atoms with Crippen LogP contribution in [0.4, 0.5) is 0 Å². The maximum absolute atomic E-state index is 4.45. The number of fused-ring (bicyclic) bond motifs is 1. The maximum Gasteiger partial charge on any atom is 0.178 e. The van der Waals surface area contributed by atoms with Crippen LogP contribution in [0.25, 0.3) is 21.9 Å². The van der Waals surface area contributed by atoms with Gasteiger partial charge in [0.05, 0.1) is 10.4 Å². The first-order valence-corrected chi connectivity index (χ1v) is 6.95. The Hall–Kier alpha value is -0.720. The van der Waals surface area contributed by atoms with Crippen molar-refractivity contribution in [2.45, 2.75) is 0 Å². The third-order valence-electron chi connectivity index (χ3n) is 2.14. The number of halogens is 2. The Bertz CT molecular complexity index is 659. The number of H-pyrrole nitrogens is 1. The van der Waals surface area contributed by atoms with Gasteiger partial charge in [0.1, 0.15) is 0 Å². The van der Waals surface area contributed by atoms with Gasteiger partial charge in [-0.3, -0.25) is 0 Å². The molecule has 3 aromatic rings. The minimum atomic E-state index is 0.735. The van der Waals surface area contributed by atoms with Gasteiger partial charge in [0, 0.05) is 15.1 Å². The summed E-state index contributed by atoms with van der Waals surface area (Å²) in [6.45, 7) is 0. The molecule has 0 aliphatic rings. The molecule has 3 heterocycles. The van der Waals surface area contributed by atoms with Gasteiger partial charge in [-0.15, -0.1) is 11.3 Å². The van der Waals surface area contributed by atoms with Crippen LogP contribution in [-0.2, 0) is 0 Å². The number of hydrogen-bond donors (Lipinski definition) is 1. The third-order valence-corrected chi connectivity index (χ3v) is 4.41. The summed E-state index contributed by atoms with van der Waals surface area (Å²) in [5.41, 5.74) is 1.67. The van der Waals surface area contributed by atoms with Gasteiger partial charge in [0.15, 0.2) is 11.5 Å². The molecule has 0 atom stereocenters. The molecule has 3 nitrogen and oxygen atoms in total. The molecule has 80 valence electrons. The van der Waals surface area contributed by atoms with Crippen LogP contribution >= 0.6 is 43.2 Å². The molecule has 0 aliphatic heterocycles. The molecule has 0 aromatic carbocycles. The zero-order chi connectivity index (χ0) is 11.1. The van der Waals surface area contributed by atoms with Gasteiger partial charge in [-0.25, -0.2) is 9.97 Å². The van der Waals surface area contributed by atoms with Crippen molar-refractivity contribution in [2.75, 3.05) is 0 Å². The first kappa shape index (κ1) is 10.4. The van der Waals surface area contributed by atoms with Gasteiger partial charge in [0.2, 0.25) is 0 Å². The summed E-state index contributed by atoms with van der Waals surface area (Å²) >= 11 is 8.53. The van der Waals surface area contributed by atoms with Crippen molar-refractivity contribution in [3.05, 3.63) is 32.7 Å². The third kappa shape index (κ3) is 1.70. The molecule has 3 rings (SSSR count). The van der Waals surface area contributed by atoms with E-state index >= 15 is 0 Å². The molecule has 0 bridgehead atoms. The molecule has 6 heteroatoms. The van der Waals surface area contributed by atoms with E-state index in [9.17, 15) is 0 Å². The number of aromatic amines is 1. The van der Waals surface area contributed by atoms with E-state index in [0.29, 0.717) is 0 Å². The molecule has 0 saturated carbocycles. The molecule has 0 unspecified atom stereocenters. The average molecular weight is 359 g/mol. The van der Waals surface area contributed by atoms with Crippen LogP contribution in [0.1, 0.15) is 0 Å². The summed E-state index contributed by atoms with van der Waals surface area (Å²) in [5.74, 6) is 0.850. The Labute approximate surface area is 112 Å². The predicted octanol–water partition coefficient (Wildman–Crippen LogP) is 4.21. The Morgan fingerprint density at radius 1 is 1.31 bits per heavy atom. The lowest BCUT2D eigenvalue weighted by molar-refractivity contribution is 1.30. The molecule has 0 saturated heterocycles. The van der Waals surface area contributed by atoms with E-state index in [1.54, 1.807) is 17.5 Å². The second kappa shape index (κ2) is 3.94. The normalized spacial score (nSPS) is 11.1. The van der Waals surface area contributed by atoms with Crippen molar-refractivity contribution in [2.24, 2.45) is 0 Å². The lowest BCUT2D eigenvalue weighted by Gasteiger charge is -1.90. The molecule has 1 N–H and O–H groups in total. The fourth-order valence-corrected chi connectivity index (χ4v) is 3.28. The number of hydrogen-bond acceptors (Lipinski definition) is 3. The van der Waals surface area contributed by atoms with Gasteiger partial charge in [-0.05, 0) is 49.4 Å².